The third-order valence-electron chi connectivity index (χ3n) is 3.39. The summed E-state index contributed by atoms with van der Waals surface area (Å²) in [5.74, 6) is 0.0732. The van der Waals surface area contributed by atoms with Gasteiger partial charge in [0.05, 0.1) is 19.3 Å². The van der Waals surface area contributed by atoms with Crippen molar-refractivity contribution in [2.75, 3.05) is 33.5 Å². The van der Waals surface area contributed by atoms with Gasteiger partial charge in [0.1, 0.15) is 18.2 Å². The molecule has 1 heterocycles. The predicted molar refractivity (Wildman–Crippen MR) is 71.6 cm³/mol. The molecule has 4 nitrogen and oxygen atoms in total. The summed E-state index contributed by atoms with van der Waals surface area (Å²) in [5.41, 5.74) is 0.222. The SMILES string of the molecule is COc1ccc(F)cc1C(=O)COCC1CCOCC1. The molecule has 5 heteroatoms. The van der Waals surface area contributed by atoms with Gasteiger partial charge in [-0.2, -0.15) is 0 Å². The predicted octanol–water partition coefficient (Wildman–Crippen LogP) is 2.46. The van der Waals surface area contributed by atoms with Gasteiger partial charge < -0.3 is 14.2 Å². The minimum Gasteiger partial charge on any atom is -0.496 e. The molecule has 0 atom stereocenters. The summed E-state index contributed by atoms with van der Waals surface area (Å²) in [7, 11) is 1.45. The second kappa shape index (κ2) is 7.36. The van der Waals surface area contributed by atoms with Crippen molar-refractivity contribution in [1.82, 2.24) is 0 Å². The smallest absolute Gasteiger partial charge is 0.192 e. The number of carbonyl (C=O) groups is 1. The van der Waals surface area contributed by atoms with Crippen LogP contribution in [0.25, 0.3) is 0 Å². The monoisotopic (exact) mass is 282 g/mol. The van der Waals surface area contributed by atoms with E-state index in [0.29, 0.717) is 18.3 Å². The van der Waals surface area contributed by atoms with Crippen molar-refractivity contribution in [3.63, 3.8) is 0 Å². The van der Waals surface area contributed by atoms with E-state index in [1.165, 1.54) is 25.3 Å². The summed E-state index contributed by atoms with van der Waals surface area (Å²) in [4.78, 5) is 12.0. The molecule has 1 fully saturated rings. The van der Waals surface area contributed by atoms with Crippen LogP contribution in [-0.4, -0.2) is 39.3 Å². The highest BCUT2D eigenvalue weighted by atomic mass is 19.1. The maximum Gasteiger partial charge on any atom is 0.192 e. The molecule has 0 aromatic heterocycles. The van der Waals surface area contributed by atoms with E-state index in [-0.39, 0.29) is 18.0 Å². The van der Waals surface area contributed by atoms with Gasteiger partial charge in [-0.1, -0.05) is 0 Å². The van der Waals surface area contributed by atoms with Crippen molar-refractivity contribution in [3.8, 4) is 5.75 Å². The Morgan fingerprint density at radius 2 is 2.15 bits per heavy atom. The van der Waals surface area contributed by atoms with Gasteiger partial charge in [-0.15, -0.1) is 0 Å². The number of halogens is 1. The van der Waals surface area contributed by atoms with Crippen LogP contribution in [0.4, 0.5) is 4.39 Å². The molecule has 1 saturated heterocycles. The quantitative estimate of drug-likeness (QED) is 0.752. The molecule has 0 N–H and O–H groups in total. The first-order valence-corrected chi connectivity index (χ1v) is 6.73. The Morgan fingerprint density at radius 1 is 1.40 bits per heavy atom. The van der Waals surface area contributed by atoms with Crippen LogP contribution in [0, 0.1) is 11.7 Å². The van der Waals surface area contributed by atoms with Gasteiger partial charge in [0.15, 0.2) is 5.78 Å². The molecule has 0 unspecified atom stereocenters. The highest BCUT2D eigenvalue weighted by Gasteiger charge is 2.17. The largest absolute Gasteiger partial charge is 0.496 e. The molecule has 0 bridgehead atoms. The first-order chi connectivity index (χ1) is 9.70. The maximum atomic E-state index is 13.2. The molecule has 110 valence electrons. The minimum atomic E-state index is -0.460. The summed E-state index contributed by atoms with van der Waals surface area (Å²) in [6.45, 7) is 1.98. The zero-order valence-corrected chi connectivity index (χ0v) is 11.6. The number of rotatable bonds is 6. The van der Waals surface area contributed by atoms with Crippen molar-refractivity contribution in [1.29, 1.82) is 0 Å². The number of methoxy groups -OCH3 is 1. The summed E-state index contributed by atoms with van der Waals surface area (Å²) >= 11 is 0. The van der Waals surface area contributed by atoms with Gasteiger partial charge in [0.2, 0.25) is 0 Å². The standard InChI is InChI=1S/C15H19FO4/c1-18-15-3-2-12(16)8-13(15)14(17)10-20-9-11-4-6-19-7-5-11/h2-3,8,11H,4-7,9-10H2,1H3. The molecule has 1 aromatic rings. The van der Waals surface area contributed by atoms with Crippen LogP contribution < -0.4 is 4.74 Å². The first-order valence-electron chi connectivity index (χ1n) is 6.73. The molecular formula is C15H19FO4. The summed E-state index contributed by atoms with van der Waals surface area (Å²) < 4.78 is 29.0. The summed E-state index contributed by atoms with van der Waals surface area (Å²) in [6.07, 6.45) is 1.91. The molecule has 20 heavy (non-hydrogen) atoms. The van der Waals surface area contributed by atoms with Gasteiger partial charge >= 0.3 is 0 Å². The fourth-order valence-corrected chi connectivity index (χ4v) is 2.21. The van der Waals surface area contributed by atoms with Crippen molar-refractivity contribution in [2.45, 2.75) is 12.8 Å². The third-order valence-corrected chi connectivity index (χ3v) is 3.39. The van der Waals surface area contributed by atoms with Crippen LogP contribution in [0.15, 0.2) is 18.2 Å². The number of hydrogen-bond acceptors (Lipinski definition) is 4. The molecule has 2 rings (SSSR count). The Bertz CT molecular complexity index is 455. The van der Waals surface area contributed by atoms with Gasteiger partial charge in [0.25, 0.3) is 0 Å². The lowest BCUT2D eigenvalue weighted by Gasteiger charge is -2.21. The normalized spacial score (nSPS) is 16.1. The lowest BCUT2D eigenvalue weighted by Crippen LogP contribution is -2.22. The number of Topliss-reactive ketones (excluding diaryl/α,β-unsaturated/α-hetero) is 1. The molecule has 1 aliphatic heterocycles. The zero-order chi connectivity index (χ0) is 14.4. The van der Waals surface area contributed by atoms with E-state index in [9.17, 15) is 9.18 Å². The number of ketones is 1. The fourth-order valence-electron chi connectivity index (χ4n) is 2.21. The van der Waals surface area contributed by atoms with Crippen molar-refractivity contribution >= 4 is 5.78 Å². The van der Waals surface area contributed by atoms with Crippen LogP contribution in [0.3, 0.4) is 0 Å². The Hall–Kier alpha value is -1.46. The van der Waals surface area contributed by atoms with Crippen molar-refractivity contribution < 1.29 is 23.4 Å². The van der Waals surface area contributed by atoms with Crippen LogP contribution in [-0.2, 0) is 9.47 Å². The minimum absolute atomic E-state index is 0.0584. The van der Waals surface area contributed by atoms with Gasteiger partial charge in [0, 0.05) is 13.2 Å². The van der Waals surface area contributed by atoms with E-state index >= 15 is 0 Å². The molecule has 0 spiro atoms. The van der Waals surface area contributed by atoms with Crippen molar-refractivity contribution in [3.05, 3.63) is 29.6 Å². The molecular weight excluding hydrogens is 263 g/mol. The Kier molecular flexibility index (Phi) is 5.49. The van der Waals surface area contributed by atoms with E-state index in [1.54, 1.807) is 0 Å². The van der Waals surface area contributed by atoms with E-state index < -0.39 is 5.82 Å². The number of benzene rings is 1. The average Bonchev–Trinajstić information content (AvgIpc) is 2.48. The fraction of sp³-hybridized carbons (Fsp3) is 0.533. The van der Waals surface area contributed by atoms with E-state index in [2.05, 4.69) is 0 Å². The molecule has 0 aliphatic carbocycles. The highest BCUT2D eigenvalue weighted by molar-refractivity contribution is 5.99. The molecule has 0 saturated carbocycles. The van der Waals surface area contributed by atoms with Gasteiger partial charge in [-0.3, -0.25) is 4.79 Å². The highest BCUT2D eigenvalue weighted by Crippen LogP contribution is 2.20. The first kappa shape index (κ1) is 14.9. The third kappa shape index (κ3) is 4.02. The lowest BCUT2D eigenvalue weighted by molar-refractivity contribution is 0.0216. The summed E-state index contributed by atoms with van der Waals surface area (Å²) in [6, 6.07) is 3.89. The lowest BCUT2D eigenvalue weighted by atomic mass is 10.0. The van der Waals surface area contributed by atoms with Gasteiger partial charge in [-0.05, 0) is 37.0 Å². The topological polar surface area (TPSA) is 44.8 Å². The number of hydrogen-bond donors (Lipinski definition) is 0. The Labute approximate surface area is 117 Å². The number of ether oxygens (including phenoxy) is 3. The zero-order valence-electron chi connectivity index (χ0n) is 11.6. The Morgan fingerprint density at radius 3 is 2.85 bits per heavy atom. The van der Waals surface area contributed by atoms with Crippen LogP contribution in [0.5, 0.6) is 5.75 Å². The molecule has 1 aliphatic rings. The maximum absolute atomic E-state index is 13.2. The second-order valence-electron chi connectivity index (χ2n) is 4.84. The van der Waals surface area contributed by atoms with Crippen LogP contribution in [0.1, 0.15) is 23.2 Å². The van der Waals surface area contributed by atoms with Crippen molar-refractivity contribution in [2.24, 2.45) is 5.92 Å². The molecule has 0 amide bonds. The average molecular weight is 282 g/mol. The summed E-state index contributed by atoms with van der Waals surface area (Å²) in [5, 5.41) is 0. The van der Waals surface area contributed by atoms with E-state index in [4.69, 9.17) is 14.2 Å². The van der Waals surface area contributed by atoms with E-state index in [0.717, 1.165) is 26.1 Å². The molecule has 1 aromatic carbocycles. The van der Waals surface area contributed by atoms with E-state index in [1.807, 2.05) is 0 Å². The Balaban J connectivity index is 1.86. The number of carbonyl (C=O) groups excluding carboxylic acids is 1. The second-order valence-corrected chi connectivity index (χ2v) is 4.84. The molecule has 0 radical (unpaired) electrons. The van der Waals surface area contributed by atoms with Gasteiger partial charge in [-0.25, -0.2) is 4.39 Å². The van der Waals surface area contributed by atoms with Crippen LogP contribution in [0.2, 0.25) is 0 Å². The van der Waals surface area contributed by atoms with Crippen LogP contribution >= 0.6 is 0 Å².